The molecule has 0 heterocycles. The molecule has 0 saturated carbocycles. The van der Waals surface area contributed by atoms with Crippen molar-refractivity contribution in [2.24, 2.45) is 5.84 Å². The minimum absolute atomic E-state index is 0.0345. The average molecular weight is 354 g/mol. The van der Waals surface area contributed by atoms with Gasteiger partial charge < -0.3 is 0 Å². The highest BCUT2D eigenvalue weighted by atomic mass is 35.5. The van der Waals surface area contributed by atoms with Gasteiger partial charge in [0.05, 0.1) is 10.6 Å². The number of hydrogen-bond donors (Lipinski definition) is 2. The lowest BCUT2D eigenvalue weighted by molar-refractivity contribution is -0.119. The van der Waals surface area contributed by atoms with Crippen molar-refractivity contribution in [3.05, 3.63) is 59.1 Å². The summed E-state index contributed by atoms with van der Waals surface area (Å²) < 4.78 is 26.7. The minimum Gasteiger partial charge on any atom is -0.293 e. The molecule has 2 aromatic carbocycles. The third-order valence-corrected chi connectivity index (χ3v) is 5.21. The minimum atomic E-state index is -3.93. The Morgan fingerprint density at radius 3 is 2.22 bits per heavy atom. The Bertz CT molecular complexity index is 790. The highest BCUT2D eigenvalue weighted by Gasteiger charge is 2.26. The van der Waals surface area contributed by atoms with Gasteiger partial charge in [0, 0.05) is 5.02 Å². The van der Waals surface area contributed by atoms with Crippen molar-refractivity contribution in [3.63, 3.8) is 0 Å². The SMILES string of the molecule is Cc1ccc(N(CC(=O)NN)S(=O)(=O)c2ccc(Cl)cc2)cc1. The normalized spacial score (nSPS) is 11.1. The van der Waals surface area contributed by atoms with E-state index in [0.717, 1.165) is 9.87 Å². The van der Waals surface area contributed by atoms with Crippen molar-refractivity contribution in [1.29, 1.82) is 0 Å². The van der Waals surface area contributed by atoms with Crippen LogP contribution in [0.4, 0.5) is 5.69 Å². The van der Waals surface area contributed by atoms with E-state index in [0.29, 0.717) is 10.7 Å². The molecule has 0 aliphatic carbocycles. The monoisotopic (exact) mass is 353 g/mol. The molecule has 1 amide bonds. The Balaban J connectivity index is 2.49. The fourth-order valence-electron chi connectivity index (χ4n) is 1.94. The number of rotatable bonds is 5. The van der Waals surface area contributed by atoms with Gasteiger partial charge in [-0.2, -0.15) is 0 Å². The van der Waals surface area contributed by atoms with Crippen molar-refractivity contribution in [1.82, 2.24) is 5.43 Å². The summed E-state index contributed by atoms with van der Waals surface area (Å²) >= 11 is 5.79. The lowest BCUT2D eigenvalue weighted by Gasteiger charge is -2.23. The second-order valence-electron chi connectivity index (χ2n) is 4.87. The van der Waals surface area contributed by atoms with E-state index in [1.165, 1.54) is 24.3 Å². The quantitative estimate of drug-likeness (QED) is 0.487. The highest BCUT2D eigenvalue weighted by molar-refractivity contribution is 7.92. The largest absolute Gasteiger partial charge is 0.293 e. The zero-order chi connectivity index (χ0) is 17.0. The summed E-state index contributed by atoms with van der Waals surface area (Å²) in [6.45, 7) is 1.46. The van der Waals surface area contributed by atoms with Crippen LogP contribution in [0.1, 0.15) is 5.56 Å². The average Bonchev–Trinajstić information content (AvgIpc) is 2.53. The molecule has 0 radical (unpaired) electrons. The number of nitrogens with two attached hydrogens (primary N) is 1. The van der Waals surface area contributed by atoms with Gasteiger partial charge in [0.2, 0.25) is 0 Å². The second kappa shape index (κ2) is 6.99. The molecule has 0 saturated heterocycles. The fourth-order valence-corrected chi connectivity index (χ4v) is 3.48. The van der Waals surface area contributed by atoms with E-state index in [4.69, 9.17) is 17.4 Å². The molecule has 0 atom stereocenters. The number of aryl methyl sites for hydroxylation is 1. The number of amides is 1. The van der Waals surface area contributed by atoms with Gasteiger partial charge in [-0.15, -0.1) is 0 Å². The molecule has 0 aromatic heterocycles. The van der Waals surface area contributed by atoms with Gasteiger partial charge in [-0.25, -0.2) is 14.3 Å². The summed E-state index contributed by atoms with van der Waals surface area (Å²) in [6.07, 6.45) is 0. The van der Waals surface area contributed by atoms with Crippen molar-refractivity contribution >= 4 is 33.2 Å². The van der Waals surface area contributed by atoms with E-state index in [2.05, 4.69) is 0 Å². The number of anilines is 1. The van der Waals surface area contributed by atoms with Crippen molar-refractivity contribution in [3.8, 4) is 0 Å². The first-order valence-electron chi connectivity index (χ1n) is 6.69. The molecule has 122 valence electrons. The van der Waals surface area contributed by atoms with Gasteiger partial charge >= 0.3 is 0 Å². The Kier molecular flexibility index (Phi) is 5.25. The summed E-state index contributed by atoms with van der Waals surface area (Å²) in [6, 6.07) is 12.5. The number of halogens is 1. The van der Waals surface area contributed by atoms with Crippen molar-refractivity contribution < 1.29 is 13.2 Å². The molecule has 0 fully saturated rings. The van der Waals surface area contributed by atoms with Crippen molar-refractivity contribution in [2.45, 2.75) is 11.8 Å². The molecule has 0 bridgehead atoms. The molecule has 3 N–H and O–H groups in total. The van der Waals surface area contributed by atoms with E-state index < -0.39 is 22.5 Å². The van der Waals surface area contributed by atoms with Crippen LogP contribution in [0.3, 0.4) is 0 Å². The van der Waals surface area contributed by atoms with Crippen LogP contribution >= 0.6 is 11.6 Å². The summed E-state index contributed by atoms with van der Waals surface area (Å²) in [5.74, 6) is 4.46. The van der Waals surface area contributed by atoms with Gasteiger partial charge in [-0.3, -0.25) is 14.5 Å². The molecule has 8 heteroatoms. The maximum absolute atomic E-state index is 12.8. The topological polar surface area (TPSA) is 92.5 Å². The van der Waals surface area contributed by atoms with E-state index in [1.54, 1.807) is 24.3 Å². The molecule has 6 nitrogen and oxygen atoms in total. The molecule has 0 aliphatic rings. The Labute approximate surface area is 139 Å². The van der Waals surface area contributed by atoms with Gasteiger partial charge in [0.1, 0.15) is 6.54 Å². The van der Waals surface area contributed by atoms with E-state index in [1.807, 2.05) is 12.3 Å². The number of sulfonamides is 1. The van der Waals surface area contributed by atoms with Crippen molar-refractivity contribution in [2.75, 3.05) is 10.8 Å². The third-order valence-electron chi connectivity index (χ3n) is 3.17. The smallest absolute Gasteiger partial charge is 0.264 e. The second-order valence-corrected chi connectivity index (χ2v) is 7.17. The number of nitrogens with zero attached hydrogens (tertiary/aromatic N) is 1. The predicted octanol–water partition coefficient (Wildman–Crippen LogP) is 1.83. The fraction of sp³-hybridized carbons (Fsp3) is 0.133. The maximum atomic E-state index is 12.8. The van der Waals surface area contributed by atoms with Gasteiger partial charge in [0.25, 0.3) is 15.9 Å². The molecule has 23 heavy (non-hydrogen) atoms. The number of carbonyl (C=O) groups is 1. The highest BCUT2D eigenvalue weighted by Crippen LogP contribution is 2.24. The molecule has 2 aromatic rings. The van der Waals surface area contributed by atoms with Crippen LogP contribution in [-0.4, -0.2) is 20.9 Å². The molecular formula is C15H16ClN3O3S. The van der Waals surface area contributed by atoms with E-state index in [9.17, 15) is 13.2 Å². The first-order valence-corrected chi connectivity index (χ1v) is 8.51. The number of hydrazine groups is 1. The van der Waals surface area contributed by atoms with Gasteiger partial charge in [-0.1, -0.05) is 29.3 Å². The third kappa shape index (κ3) is 4.01. The lowest BCUT2D eigenvalue weighted by atomic mass is 10.2. The molecule has 0 unspecified atom stereocenters. The van der Waals surface area contributed by atoms with Crippen LogP contribution in [0.5, 0.6) is 0 Å². The van der Waals surface area contributed by atoms with Gasteiger partial charge in [0.15, 0.2) is 0 Å². The first-order chi connectivity index (χ1) is 10.8. The standard InChI is InChI=1S/C15H16ClN3O3S/c1-11-2-6-13(7-3-11)19(10-15(20)18-17)23(21,22)14-8-4-12(16)5-9-14/h2-9H,10,17H2,1H3,(H,18,20). The molecule has 0 spiro atoms. The number of benzene rings is 2. The summed E-state index contributed by atoms with van der Waals surface area (Å²) in [7, 11) is -3.93. The number of carbonyl (C=O) groups excluding carboxylic acids is 1. The first kappa shape index (κ1) is 17.3. The molecule has 0 aliphatic heterocycles. The summed E-state index contributed by atoms with van der Waals surface area (Å²) in [4.78, 5) is 11.7. The lowest BCUT2D eigenvalue weighted by Crippen LogP contribution is -2.43. The Hall–Kier alpha value is -2.09. The van der Waals surface area contributed by atoms with Crippen LogP contribution < -0.4 is 15.6 Å². The zero-order valence-electron chi connectivity index (χ0n) is 12.4. The van der Waals surface area contributed by atoms with Crippen LogP contribution in [0, 0.1) is 6.92 Å². The van der Waals surface area contributed by atoms with E-state index >= 15 is 0 Å². The van der Waals surface area contributed by atoms with Crippen LogP contribution in [0.25, 0.3) is 0 Å². The number of hydrogen-bond acceptors (Lipinski definition) is 4. The zero-order valence-corrected chi connectivity index (χ0v) is 13.9. The number of nitrogens with one attached hydrogen (secondary N) is 1. The van der Waals surface area contributed by atoms with Crippen LogP contribution in [0.2, 0.25) is 5.02 Å². The summed E-state index contributed by atoms with van der Waals surface area (Å²) in [5.41, 5.74) is 3.29. The van der Waals surface area contributed by atoms with Crippen LogP contribution in [-0.2, 0) is 14.8 Å². The Morgan fingerprint density at radius 2 is 1.70 bits per heavy atom. The molecular weight excluding hydrogens is 338 g/mol. The summed E-state index contributed by atoms with van der Waals surface area (Å²) in [5, 5.41) is 0.422. The Morgan fingerprint density at radius 1 is 1.13 bits per heavy atom. The van der Waals surface area contributed by atoms with Crippen LogP contribution in [0.15, 0.2) is 53.4 Å². The van der Waals surface area contributed by atoms with E-state index in [-0.39, 0.29) is 4.90 Å². The predicted molar refractivity (Wildman–Crippen MR) is 89.5 cm³/mol. The molecule has 2 rings (SSSR count). The maximum Gasteiger partial charge on any atom is 0.264 e. The van der Waals surface area contributed by atoms with Gasteiger partial charge in [-0.05, 0) is 43.3 Å².